The quantitative estimate of drug-likeness (QED) is 0.857. The summed E-state index contributed by atoms with van der Waals surface area (Å²) in [6, 6.07) is 7.47. The van der Waals surface area contributed by atoms with Gasteiger partial charge >= 0.3 is 0 Å². The summed E-state index contributed by atoms with van der Waals surface area (Å²) in [6.45, 7) is 4.16. The van der Waals surface area contributed by atoms with Gasteiger partial charge in [0.05, 0.1) is 12.2 Å². The minimum Gasteiger partial charge on any atom is -0.451 e. The van der Waals surface area contributed by atoms with Gasteiger partial charge in [-0.2, -0.15) is 0 Å². The highest BCUT2D eigenvalue weighted by atomic mass is 16.3. The Morgan fingerprint density at radius 2 is 1.95 bits per heavy atom. The summed E-state index contributed by atoms with van der Waals surface area (Å²) >= 11 is 0. The fraction of sp³-hybridized carbons (Fsp3) is 0.400. The number of para-hydroxylation sites is 1. The van der Waals surface area contributed by atoms with Crippen molar-refractivity contribution in [1.82, 2.24) is 9.80 Å². The molecule has 0 aliphatic carbocycles. The lowest BCUT2D eigenvalue weighted by Gasteiger charge is -2.31. The maximum atomic E-state index is 12.4. The minimum absolute atomic E-state index is 0.0387. The van der Waals surface area contributed by atoms with Crippen molar-refractivity contribution in [2.24, 2.45) is 0 Å². The van der Waals surface area contributed by atoms with Crippen molar-refractivity contribution in [1.29, 1.82) is 0 Å². The molecule has 20 heavy (non-hydrogen) atoms. The smallest absolute Gasteiger partial charge is 0.214 e. The number of fused-ring (bicyclic) bond motifs is 1. The van der Waals surface area contributed by atoms with Crippen molar-refractivity contribution in [2.45, 2.75) is 0 Å². The average molecular weight is 273 g/mol. The summed E-state index contributed by atoms with van der Waals surface area (Å²) in [5.41, 5.74) is 7.16. The predicted octanol–water partition coefficient (Wildman–Crippen LogP) is 1.45. The van der Waals surface area contributed by atoms with Crippen LogP contribution in [0.3, 0.4) is 0 Å². The van der Waals surface area contributed by atoms with Gasteiger partial charge in [-0.1, -0.05) is 12.1 Å². The molecule has 106 valence electrons. The van der Waals surface area contributed by atoms with Crippen LogP contribution < -0.4 is 5.73 Å². The summed E-state index contributed by atoms with van der Waals surface area (Å²) in [5, 5.41) is 0.814. The van der Waals surface area contributed by atoms with Gasteiger partial charge in [0.25, 0.3) is 0 Å². The van der Waals surface area contributed by atoms with Gasteiger partial charge in [0.1, 0.15) is 5.58 Å². The molecule has 0 spiro atoms. The molecule has 1 fully saturated rings. The third-order valence-electron chi connectivity index (χ3n) is 3.85. The zero-order valence-corrected chi connectivity index (χ0v) is 11.6. The Balaban J connectivity index is 1.77. The number of anilines is 1. The number of Topliss-reactive ketones (excluding diaryl/α,β-unsaturated/α-hetero) is 1. The first kappa shape index (κ1) is 13.1. The Morgan fingerprint density at radius 1 is 1.25 bits per heavy atom. The Hall–Kier alpha value is -1.85. The van der Waals surface area contributed by atoms with Gasteiger partial charge in [0.15, 0.2) is 5.76 Å². The van der Waals surface area contributed by atoms with E-state index in [1.807, 2.05) is 24.3 Å². The Morgan fingerprint density at radius 3 is 2.65 bits per heavy atom. The molecule has 2 N–H and O–H groups in total. The third-order valence-corrected chi connectivity index (χ3v) is 3.85. The largest absolute Gasteiger partial charge is 0.451 e. The second kappa shape index (κ2) is 5.26. The lowest BCUT2D eigenvalue weighted by Crippen LogP contribution is -2.46. The van der Waals surface area contributed by atoms with E-state index in [1.165, 1.54) is 0 Å². The molecule has 2 aromatic rings. The summed E-state index contributed by atoms with van der Waals surface area (Å²) in [7, 11) is 2.09. The van der Waals surface area contributed by atoms with Crippen molar-refractivity contribution >= 4 is 22.4 Å². The molecular formula is C15H19N3O2. The van der Waals surface area contributed by atoms with Crippen molar-refractivity contribution in [3.8, 4) is 0 Å². The molecule has 1 aliphatic heterocycles. The molecule has 1 aliphatic rings. The number of carbonyl (C=O) groups excluding carboxylic acids is 1. The molecule has 5 heteroatoms. The number of nitrogens with two attached hydrogens (primary N) is 1. The number of hydrogen-bond acceptors (Lipinski definition) is 5. The van der Waals surface area contributed by atoms with E-state index < -0.39 is 0 Å². The first-order valence-corrected chi connectivity index (χ1v) is 6.86. The number of carbonyl (C=O) groups is 1. The molecule has 2 heterocycles. The maximum absolute atomic E-state index is 12.4. The van der Waals surface area contributed by atoms with Crippen LogP contribution in [0.4, 0.5) is 5.69 Å². The molecule has 1 saturated heterocycles. The maximum Gasteiger partial charge on any atom is 0.214 e. The van der Waals surface area contributed by atoms with Crippen LogP contribution >= 0.6 is 0 Å². The molecule has 0 bridgehead atoms. The number of nitrogen functional groups attached to an aromatic ring is 1. The number of rotatable bonds is 3. The van der Waals surface area contributed by atoms with Crippen LogP contribution in [0, 0.1) is 0 Å². The van der Waals surface area contributed by atoms with Gasteiger partial charge in [0.2, 0.25) is 5.78 Å². The monoisotopic (exact) mass is 273 g/mol. The summed E-state index contributed by atoms with van der Waals surface area (Å²) in [5.74, 6) is 0.258. The summed E-state index contributed by atoms with van der Waals surface area (Å²) < 4.78 is 5.61. The number of furan rings is 1. The number of piperazine rings is 1. The van der Waals surface area contributed by atoms with Crippen LogP contribution in [-0.2, 0) is 0 Å². The van der Waals surface area contributed by atoms with E-state index in [-0.39, 0.29) is 5.78 Å². The second-order valence-corrected chi connectivity index (χ2v) is 5.34. The highest BCUT2D eigenvalue weighted by Crippen LogP contribution is 2.28. The van der Waals surface area contributed by atoms with Crippen LogP contribution in [0.5, 0.6) is 0 Å². The first-order valence-electron chi connectivity index (χ1n) is 6.86. The lowest BCUT2D eigenvalue weighted by atomic mass is 10.2. The van der Waals surface area contributed by atoms with Gasteiger partial charge in [-0.25, -0.2) is 0 Å². The average Bonchev–Trinajstić information content (AvgIpc) is 2.79. The second-order valence-electron chi connectivity index (χ2n) is 5.34. The van der Waals surface area contributed by atoms with Gasteiger partial charge in [-0.05, 0) is 19.2 Å². The topological polar surface area (TPSA) is 62.7 Å². The number of hydrogen-bond donors (Lipinski definition) is 1. The Labute approximate surface area is 117 Å². The van der Waals surface area contributed by atoms with E-state index in [0.29, 0.717) is 23.6 Å². The molecule has 3 rings (SSSR count). The van der Waals surface area contributed by atoms with E-state index in [4.69, 9.17) is 10.2 Å². The highest BCUT2D eigenvalue weighted by Gasteiger charge is 2.22. The van der Waals surface area contributed by atoms with Gasteiger partial charge in [0, 0.05) is 31.6 Å². The van der Waals surface area contributed by atoms with Crippen LogP contribution in [-0.4, -0.2) is 55.4 Å². The molecule has 0 saturated carbocycles. The highest BCUT2D eigenvalue weighted by molar-refractivity contribution is 6.07. The molecule has 1 aromatic carbocycles. The van der Waals surface area contributed by atoms with Crippen molar-refractivity contribution < 1.29 is 9.21 Å². The zero-order chi connectivity index (χ0) is 14.1. The number of ketones is 1. The SMILES string of the molecule is CN1CCN(CC(=O)c2oc3ccccc3c2N)CC1. The fourth-order valence-corrected chi connectivity index (χ4v) is 2.55. The zero-order valence-electron chi connectivity index (χ0n) is 11.6. The van der Waals surface area contributed by atoms with E-state index in [9.17, 15) is 4.79 Å². The lowest BCUT2D eigenvalue weighted by molar-refractivity contribution is 0.0853. The molecule has 1 aromatic heterocycles. The Kier molecular flexibility index (Phi) is 3.46. The van der Waals surface area contributed by atoms with E-state index in [2.05, 4.69) is 16.8 Å². The predicted molar refractivity (Wildman–Crippen MR) is 78.9 cm³/mol. The van der Waals surface area contributed by atoms with Crippen LogP contribution in [0.25, 0.3) is 11.0 Å². The first-order chi connectivity index (χ1) is 9.65. The third kappa shape index (κ3) is 2.42. The van der Waals surface area contributed by atoms with Gasteiger partial charge in [-0.3, -0.25) is 9.69 Å². The Bertz CT molecular complexity index is 627. The normalized spacial score (nSPS) is 17.6. The van der Waals surface area contributed by atoms with Crippen LogP contribution in [0.1, 0.15) is 10.6 Å². The van der Waals surface area contributed by atoms with E-state index in [0.717, 1.165) is 31.6 Å². The van der Waals surface area contributed by atoms with Crippen molar-refractivity contribution in [2.75, 3.05) is 45.5 Å². The summed E-state index contributed by atoms with van der Waals surface area (Å²) in [6.07, 6.45) is 0. The van der Waals surface area contributed by atoms with Crippen LogP contribution in [0.15, 0.2) is 28.7 Å². The molecule has 0 amide bonds. The number of likely N-dealkylation sites (N-methyl/N-ethyl adjacent to an activating group) is 1. The number of nitrogens with zero attached hydrogens (tertiary/aromatic N) is 2. The van der Waals surface area contributed by atoms with Crippen LogP contribution in [0.2, 0.25) is 0 Å². The summed E-state index contributed by atoms with van der Waals surface area (Å²) in [4.78, 5) is 16.8. The number of benzene rings is 1. The molecule has 0 atom stereocenters. The van der Waals surface area contributed by atoms with Crippen molar-refractivity contribution in [3.05, 3.63) is 30.0 Å². The van der Waals surface area contributed by atoms with Crippen molar-refractivity contribution in [3.63, 3.8) is 0 Å². The van der Waals surface area contributed by atoms with E-state index >= 15 is 0 Å². The minimum atomic E-state index is -0.0387. The molecular weight excluding hydrogens is 254 g/mol. The van der Waals surface area contributed by atoms with E-state index in [1.54, 1.807) is 0 Å². The molecule has 0 radical (unpaired) electrons. The standard InChI is InChI=1S/C15H19N3O2/c1-17-6-8-18(9-7-17)10-12(19)15-14(16)11-4-2-3-5-13(11)20-15/h2-5H,6-10,16H2,1H3. The fourth-order valence-electron chi connectivity index (χ4n) is 2.55. The molecule has 5 nitrogen and oxygen atoms in total. The van der Waals surface area contributed by atoms with Gasteiger partial charge < -0.3 is 15.1 Å². The van der Waals surface area contributed by atoms with Gasteiger partial charge in [-0.15, -0.1) is 0 Å². The molecule has 0 unspecified atom stereocenters.